The van der Waals surface area contributed by atoms with Crippen LogP contribution < -0.4 is 0 Å². The Bertz CT molecular complexity index is 1180. The highest BCUT2D eigenvalue weighted by Crippen LogP contribution is 2.33. The standard InChI is InChI=1S/C20H14ClN5O/c1-12-24-20(27-25-12)19-16-10-22-18(13-6-3-2-4-7-13)17-14(21)8-5-9-15(17)26(16)11-23-19/h2-9,11H,10H2,1H3. The summed E-state index contributed by atoms with van der Waals surface area (Å²) in [4.78, 5) is 13.7. The van der Waals surface area contributed by atoms with E-state index in [1.54, 1.807) is 13.3 Å². The van der Waals surface area contributed by atoms with Crippen LogP contribution in [0.5, 0.6) is 0 Å². The minimum Gasteiger partial charge on any atom is -0.332 e. The van der Waals surface area contributed by atoms with Crippen LogP contribution in [-0.2, 0) is 6.54 Å². The molecule has 0 saturated heterocycles. The zero-order valence-corrected chi connectivity index (χ0v) is 15.2. The van der Waals surface area contributed by atoms with Gasteiger partial charge in [-0.3, -0.25) is 9.56 Å². The maximum atomic E-state index is 6.60. The van der Waals surface area contributed by atoms with Crippen LogP contribution >= 0.6 is 11.6 Å². The minimum atomic E-state index is 0.392. The maximum absolute atomic E-state index is 6.60. The third kappa shape index (κ3) is 2.57. The number of imidazole rings is 1. The Morgan fingerprint density at radius 3 is 2.70 bits per heavy atom. The van der Waals surface area contributed by atoms with Crippen molar-refractivity contribution in [2.45, 2.75) is 13.5 Å². The highest BCUT2D eigenvalue weighted by atomic mass is 35.5. The SMILES string of the molecule is Cc1noc(-c2ncn3c2CN=C(c2ccccc2)c2c(Cl)cccc2-3)n1. The normalized spacial score (nSPS) is 12.9. The predicted octanol–water partition coefficient (Wildman–Crippen LogP) is 4.24. The first kappa shape index (κ1) is 16.0. The lowest BCUT2D eigenvalue weighted by atomic mass is 10.0. The first-order valence-electron chi connectivity index (χ1n) is 8.48. The van der Waals surface area contributed by atoms with Crippen LogP contribution in [0.2, 0.25) is 5.02 Å². The van der Waals surface area contributed by atoms with Crippen molar-refractivity contribution in [1.29, 1.82) is 0 Å². The Balaban J connectivity index is 1.76. The number of rotatable bonds is 2. The van der Waals surface area contributed by atoms with E-state index in [4.69, 9.17) is 21.1 Å². The number of aryl methyl sites for hydroxylation is 1. The molecule has 0 bridgehead atoms. The molecule has 0 amide bonds. The number of aromatic nitrogens is 4. The molecular weight excluding hydrogens is 362 g/mol. The number of fused-ring (bicyclic) bond motifs is 3. The van der Waals surface area contributed by atoms with Gasteiger partial charge < -0.3 is 4.52 Å². The molecule has 132 valence electrons. The van der Waals surface area contributed by atoms with Crippen molar-refractivity contribution in [2.75, 3.05) is 0 Å². The van der Waals surface area contributed by atoms with Gasteiger partial charge in [-0.25, -0.2) is 4.98 Å². The molecule has 1 aliphatic rings. The number of hydrogen-bond donors (Lipinski definition) is 0. The predicted molar refractivity (Wildman–Crippen MR) is 102 cm³/mol. The molecule has 0 unspecified atom stereocenters. The van der Waals surface area contributed by atoms with Crippen molar-refractivity contribution in [2.24, 2.45) is 4.99 Å². The lowest BCUT2D eigenvalue weighted by Gasteiger charge is -2.13. The molecule has 0 radical (unpaired) electrons. The topological polar surface area (TPSA) is 69.1 Å². The van der Waals surface area contributed by atoms with Crippen LogP contribution in [0.4, 0.5) is 0 Å². The van der Waals surface area contributed by atoms with Gasteiger partial charge in [0.05, 0.1) is 28.7 Å². The Kier molecular flexibility index (Phi) is 3.65. The Morgan fingerprint density at radius 2 is 1.93 bits per heavy atom. The van der Waals surface area contributed by atoms with Gasteiger partial charge in [0.25, 0.3) is 5.89 Å². The molecule has 0 aliphatic carbocycles. The second-order valence-electron chi connectivity index (χ2n) is 6.22. The largest absolute Gasteiger partial charge is 0.332 e. The van der Waals surface area contributed by atoms with E-state index in [2.05, 4.69) is 15.1 Å². The van der Waals surface area contributed by atoms with Crippen LogP contribution in [0.25, 0.3) is 17.3 Å². The molecule has 0 saturated carbocycles. The average molecular weight is 376 g/mol. The van der Waals surface area contributed by atoms with E-state index in [1.807, 2.05) is 53.1 Å². The third-order valence-corrected chi connectivity index (χ3v) is 4.83. The highest BCUT2D eigenvalue weighted by molar-refractivity contribution is 6.36. The summed E-state index contributed by atoms with van der Waals surface area (Å²) >= 11 is 6.60. The number of nitrogens with zero attached hydrogens (tertiary/aromatic N) is 5. The summed E-state index contributed by atoms with van der Waals surface area (Å²) in [5.41, 5.74) is 5.20. The van der Waals surface area contributed by atoms with Gasteiger partial charge in [0.15, 0.2) is 11.5 Å². The van der Waals surface area contributed by atoms with Crippen molar-refractivity contribution in [3.05, 3.63) is 82.5 Å². The molecule has 2 aromatic carbocycles. The molecule has 4 aromatic rings. The minimum absolute atomic E-state index is 0.392. The van der Waals surface area contributed by atoms with Gasteiger partial charge >= 0.3 is 0 Å². The molecule has 3 heterocycles. The summed E-state index contributed by atoms with van der Waals surface area (Å²) < 4.78 is 7.32. The van der Waals surface area contributed by atoms with Crippen LogP contribution in [0.3, 0.4) is 0 Å². The Morgan fingerprint density at radius 1 is 1.07 bits per heavy atom. The summed E-state index contributed by atoms with van der Waals surface area (Å²) in [7, 11) is 0. The number of benzene rings is 2. The molecular formula is C20H14ClN5O. The zero-order valence-electron chi connectivity index (χ0n) is 14.4. The summed E-state index contributed by atoms with van der Waals surface area (Å²) in [6.45, 7) is 2.20. The third-order valence-electron chi connectivity index (χ3n) is 4.52. The summed E-state index contributed by atoms with van der Waals surface area (Å²) in [6, 6.07) is 15.9. The van der Waals surface area contributed by atoms with Gasteiger partial charge in [0.1, 0.15) is 6.33 Å². The van der Waals surface area contributed by atoms with Crippen molar-refractivity contribution in [3.63, 3.8) is 0 Å². The smallest absolute Gasteiger partial charge is 0.278 e. The molecule has 2 aromatic heterocycles. The van der Waals surface area contributed by atoms with E-state index in [1.165, 1.54) is 0 Å². The van der Waals surface area contributed by atoms with Crippen LogP contribution in [-0.4, -0.2) is 25.4 Å². The Hall–Kier alpha value is -3.25. The van der Waals surface area contributed by atoms with Crippen molar-refractivity contribution >= 4 is 17.3 Å². The average Bonchev–Trinajstić information content (AvgIpc) is 3.26. The summed E-state index contributed by atoms with van der Waals surface area (Å²) in [5.74, 6) is 0.959. The molecule has 1 aliphatic heterocycles. The molecule has 0 N–H and O–H groups in total. The molecule has 5 rings (SSSR count). The zero-order chi connectivity index (χ0) is 18.4. The molecule has 0 atom stereocenters. The molecule has 0 fully saturated rings. The summed E-state index contributed by atoms with van der Waals surface area (Å²) in [5, 5.41) is 4.52. The van der Waals surface area contributed by atoms with Gasteiger partial charge in [-0.05, 0) is 19.1 Å². The van der Waals surface area contributed by atoms with Crippen molar-refractivity contribution < 1.29 is 4.52 Å². The van der Waals surface area contributed by atoms with E-state index >= 15 is 0 Å². The first-order chi connectivity index (χ1) is 13.2. The fraction of sp³-hybridized carbons (Fsp3) is 0.100. The lowest BCUT2D eigenvalue weighted by molar-refractivity contribution is 0.424. The fourth-order valence-electron chi connectivity index (χ4n) is 3.32. The molecule has 27 heavy (non-hydrogen) atoms. The molecule has 7 heteroatoms. The van der Waals surface area contributed by atoms with E-state index < -0.39 is 0 Å². The number of hydrogen-bond acceptors (Lipinski definition) is 5. The molecule has 0 spiro atoms. The van der Waals surface area contributed by atoms with E-state index in [9.17, 15) is 0 Å². The van der Waals surface area contributed by atoms with E-state index in [0.717, 1.165) is 28.2 Å². The monoisotopic (exact) mass is 375 g/mol. The highest BCUT2D eigenvalue weighted by Gasteiger charge is 2.25. The number of halogens is 1. The van der Waals surface area contributed by atoms with Gasteiger partial charge in [-0.15, -0.1) is 0 Å². The lowest BCUT2D eigenvalue weighted by Crippen LogP contribution is -2.07. The Labute approximate surface area is 160 Å². The van der Waals surface area contributed by atoms with Crippen LogP contribution in [0.1, 0.15) is 22.6 Å². The van der Waals surface area contributed by atoms with E-state index in [0.29, 0.717) is 29.0 Å². The van der Waals surface area contributed by atoms with Gasteiger partial charge in [-0.2, -0.15) is 4.98 Å². The van der Waals surface area contributed by atoms with Gasteiger partial charge in [0.2, 0.25) is 0 Å². The number of aliphatic imine (C=N–C) groups is 1. The fourth-order valence-corrected chi connectivity index (χ4v) is 3.58. The van der Waals surface area contributed by atoms with Crippen molar-refractivity contribution in [3.8, 4) is 17.3 Å². The second-order valence-corrected chi connectivity index (χ2v) is 6.63. The van der Waals surface area contributed by atoms with Gasteiger partial charge in [0, 0.05) is 11.1 Å². The van der Waals surface area contributed by atoms with E-state index in [-0.39, 0.29) is 0 Å². The quantitative estimate of drug-likeness (QED) is 0.525. The second kappa shape index (κ2) is 6.17. The van der Waals surface area contributed by atoms with Crippen molar-refractivity contribution in [1.82, 2.24) is 19.7 Å². The van der Waals surface area contributed by atoms with Gasteiger partial charge in [-0.1, -0.05) is 53.2 Å². The maximum Gasteiger partial charge on any atom is 0.278 e. The van der Waals surface area contributed by atoms with Crippen LogP contribution in [0, 0.1) is 6.92 Å². The molecule has 6 nitrogen and oxygen atoms in total. The first-order valence-corrected chi connectivity index (χ1v) is 8.86. The van der Waals surface area contributed by atoms with Crippen LogP contribution in [0.15, 0.2) is 64.4 Å². The summed E-state index contributed by atoms with van der Waals surface area (Å²) in [6.07, 6.45) is 1.75.